The zero-order chi connectivity index (χ0) is 13.0. The Labute approximate surface area is 102 Å². The molecule has 0 saturated heterocycles. The summed E-state index contributed by atoms with van der Waals surface area (Å²) < 4.78 is 27.1. The molecule has 94 valence electrons. The van der Waals surface area contributed by atoms with E-state index in [-0.39, 0.29) is 23.3 Å². The second-order valence-corrected chi connectivity index (χ2v) is 4.37. The first-order valence-electron chi connectivity index (χ1n) is 4.96. The molecule has 0 aliphatic rings. The quantitative estimate of drug-likeness (QED) is 0.799. The fourth-order valence-corrected chi connectivity index (χ4v) is 1.90. The SMILES string of the molecule is CSc1ccc(C(N)CCC(=O)O)c(F)c1F. The number of nitrogens with two attached hydrogens (primary N) is 1. The third-order valence-corrected chi connectivity index (χ3v) is 3.12. The molecule has 0 bridgehead atoms. The van der Waals surface area contributed by atoms with Gasteiger partial charge in [-0.05, 0) is 18.7 Å². The molecule has 0 spiro atoms. The Morgan fingerprint density at radius 3 is 2.65 bits per heavy atom. The number of carboxylic acid groups (broad SMARTS) is 1. The fourth-order valence-electron chi connectivity index (χ4n) is 1.43. The lowest BCUT2D eigenvalue weighted by molar-refractivity contribution is -0.137. The topological polar surface area (TPSA) is 63.3 Å². The average molecular weight is 261 g/mol. The summed E-state index contributed by atoms with van der Waals surface area (Å²) in [6.45, 7) is 0. The van der Waals surface area contributed by atoms with Gasteiger partial charge < -0.3 is 10.8 Å². The number of halogens is 2. The highest BCUT2D eigenvalue weighted by Crippen LogP contribution is 2.27. The number of carbonyl (C=O) groups is 1. The van der Waals surface area contributed by atoms with Crippen LogP contribution in [0.4, 0.5) is 8.78 Å². The number of hydrogen-bond acceptors (Lipinski definition) is 3. The van der Waals surface area contributed by atoms with Gasteiger partial charge in [-0.2, -0.15) is 0 Å². The minimum absolute atomic E-state index is 0.0153. The molecule has 1 atom stereocenters. The molecule has 3 N–H and O–H groups in total. The molecule has 1 rings (SSSR count). The van der Waals surface area contributed by atoms with Crippen LogP contribution in [0.3, 0.4) is 0 Å². The van der Waals surface area contributed by atoms with Gasteiger partial charge in [0.15, 0.2) is 11.6 Å². The van der Waals surface area contributed by atoms with E-state index in [0.717, 1.165) is 11.8 Å². The van der Waals surface area contributed by atoms with Crippen molar-refractivity contribution in [2.45, 2.75) is 23.8 Å². The maximum absolute atomic E-state index is 13.6. The average Bonchev–Trinajstić information content (AvgIpc) is 2.29. The van der Waals surface area contributed by atoms with Crippen LogP contribution in [0.2, 0.25) is 0 Å². The predicted octanol–water partition coefficient (Wildman–Crippen LogP) is 2.55. The van der Waals surface area contributed by atoms with Gasteiger partial charge >= 0.3 is 5.97 Å². The Morgan fingerprint density at radius 2 is 2.12 bits per heavy atom. The second-order valence-electron chi connectivity index (χ2n) is 3.52. The van der Waals surface area contributed by atoms with E-state index in [9.17, 15) is 13.6 Å². The molecule has 0 aliphatic carbocycles. The number of rotatable bonds is 5. The van der Waals surface area contributed by atoms with E-state index in [1.54, 1.807) is 6.26 Å². The summed E-state index contributed by atoms with van der Waals surface area (Å²) in [5, 5.41) is 8.49. The molecule has 0 heterocycles. The highest BCUT2D eigenvalue weighted by molar-refractivity contribution is 7.98. The number of benzene rings is 1. The van der Waals surface area contributed by atoms with E-state index >= 15 is 0 Å². The number of hydrogen-bond donors (Lipinski definition) is 2. The van der Waals surface area contributed by atoms with Crippen LogP contribution >= 0.6 is 11.8 Å². The molecule has 0 saturated carbocycles. The molecule has 1 aromatic rings. The van der Waals surface area contributed by atoms with Crippen molar-refractivity contribution in [1.29, 1.82) is 0 Å². The van der Waals surface area contributed by atoms with Crippen LogP contribution in [0.15, 0.2) is 17.0 Å². The lowest BCUT2D eigenvalue weighted by Crippen LogP contribution is -2.15. The van der Waals surface area contributed by atoms with E-state index in [2.05, 4.69) is 0 Å². The number of thioether (sulfide) groups is 1. The zero-order valence-corrected chi connectivity index (χ0v) is 10.1. The van der Waals surface area contributed by atoms with E-state index in [1.807, 2.05) is 0 Å². The first-order valence-corrected chi connectivity index (χ1v) is 6.19. The molecule has 17 heavy (non-hydrogen) atoms. The van der Waals surface area contributed by atoms with Crippen LogP contribution in [0.1, 0.15) is 24.4 Å². The van der Waals surface area contributed by atoms with E-state index in [1.165, 1.54) is 12.1 Å². The highest BCUT2D eigenvalue weighted by Gasteiger charge is 2.18. The maximum Gasteiger partial charge on any atom is 0.303 e. The van der Waals surface area contributed by atoms with Crippen LogP contribution in [-0.4, -0.2) is 17.3 Å². The van der Waals surface area contributed by atoms with Gasteiger partial charge in [0.2, 0.25) is 0 Å². The molecule has 0 radical (unpaired) electrons. The van der Waals surface area contributed by atoms with Crippen molar-refractivity contribution in [3.63, 3.8) is 0 Å². The van der Waals surface area contributed by atoms with Gasteiger partial charge in [0.25, 0.3) is 0 Å². The normalized spacial score (nSPS) is 12.5. The summed E-state index contributed by atoms with van der Waals surface area (Å²) in [7, 11) is 0. The van der Waals surface area contributed by atoms with Crippen LogP contribution in [0.5, 0.6) is 0 Å². The summed E-state index contributed by atoms with van der Waals surface area (Å²) in [6.07, 6.45) is 1.54. The standard InChI is InChI=1S/C11H13F2NO2S/c1-17-8-4-2-6(10(12)11(8)13)7(14)3-5-9(15)16/h2,4,7H,3,5,14H2,1H3,(H,15,16). The van der Waals surface area contributed by atoms with Gasteiger partial charge in [-0.3, -0.25) is 4.79 Å². The first kappa shape index (κ1) is 13.9. The van der Waals surface area contributed by atoms with Gasteiger partial charge in [-0.1, -0.05) is 6.07 Å². The molecule has 1 aromatic carbocycles. The van der Waals surface area contributed by atoms with E-state index in [0.29, 0.717) is 0 Å². The predicted molar refractivity (Wildman–Crippen MR) is 61.9 cm³/mol. The molecule has 1 unspecified atom stereocenters. The third-order valence-electron chi connectivity index (χ3n) is 2.37. The van der Waals surface area contributed by atoms with Crippen molar-refractivity contribution in [2.24, 2.45) is 5.73 Å². The van der Waals surface area contributed by atoms with Gasteiger partial charge in [-0.25, -0.2) is 8.78 Å². The minimum Gasteiger partial charge on any atom is -0.481 e. The Hall–Kier alpha value is -1.14. The van der Waals surface area contributed by atoms with Crippen molar-refractivity contribution >= 4 is 17.7 Å². The van der Waals surface area contributed by atoms with Crippen molar-refractivity contribution in [1.82, 2.24) is 0 Å². The van der Waals surface area contributed by atoms with Crippen LogP contribution in [0, 0.1) is 11.6 Å². The first-order chi connectivity index (χ1) is 7.97. The summed E-state index contributed by atoms with van der Waals surface area (Å²) >= 11 is 1.10. The van der Waals surface area contributed by atoms with Crippen LogP contribution in [0.25, 0.3) is 0 Å². The molecular formula is C11H13F2NO2S. The summed E-state index contributed by atoms with van der Waals surface area (Å²) in [5.41, 5.74) is 5.64. The Balaban J connectivity index is 2.91. The fraction of sp³-hybridized carbons (Fsp3) is 0.364. The third kappa shape index (κ3) is 3.41. The van der Waals surface area contributed by atoms with Crippen molar-refractivity contribution < 1.29 is 18.7 Å². The minimum atomic E-state index is -1.01. The monoisotopic (exact) mass is 261 g/mol. The smallest absolute Gasteiger partial charge is 0.303 e. The van der Waals surface area contributed by atoms with Gasteiger partial charge in [0.1, 0.15) is 0 Å². The molecule has 3 nitrogen and oxygen atoms in total. The Morgan fingerprint density at radius 1 is 1.47 bits per heavy atom. The zero-order valence-electron chi connectivity index (χ0n) is 9.24. The molecule has 0 aromatic heterocycles. The van der Waals surface area contributed by atoms with Gasteiger partial charge in [0.05, 0.1) is 0 Å². The summed E-state index contributed by atoms with van der Waals surface area (Å²) in [5.74, 6) is -2.93. The van der Waals surface area contributed by atoms with Gasteiger partial charge in [0, 0.05) is 22.9 Å². The summed E-state index contributed by atoms with van der Waals surface area (Å²) in [6, 6.07) is 2.03. The maximum atomic E-state index is 13.6. The Bertz CT molecular complexity index is 426. The molecule has 0 fully saturated rings. The lowest BCUT2D eigenvalue weighted by Gasteiger charge is -2.13. The summed E-state index contributed by atoms with van der Waals surface area (Å²) in [4.78, 5) is 10.6. The highest BCUT2D eigenvalue weighted by atomic mass is 32.2. The molecule has 0 amide bonds. The van der Waals surface area contributed by atoms with Crippen molar-refractivity contribution in [3.05, 3.63) is 29.3 Å². The number of aliphatic carboxylic acids is 1. The molecular weight excluding hydrogens is 248 g/mol. The van der Waals surface area contributed by atoms with Crippen molar-refractivity contribution in [3.8, 4) is 0 Å². The van der Waals surface area contributed by atoms with Crippen molar-refractivity contribution in [2.75, 3.05) is 6.26 Å². The molecule has 6 heteroatoms. The number of carboxylic acids is 1. The van der Waals surface area contributed by atoms with Crippen LogP contribution in [-0.2, 0) is 4.79 Å². The lowest BCUT2D eigenvalue weighted by atomic mass is 10.0. The second kappa shape index (κ2) is 5.97. The molecule has 0 aliphatic heterocycles. The Kier molecular flexibility index (Phi) is 4.89. The van der Waals surface area contributed by atoms with Crippen LogP contribution < -0.4 is 5.73 Å². The van der Waals surface area contributed by atoms with E-state index < -0.39 is 23.6 Å². The van der Waals surface area contributed by atoms with E-state index in [4.69, 9.17) is 10.8 Å². The van der Waals surface area contributed by atoms with Gasteiger partial charge in [-0.15, -0.1) is 11.8 Å². The largest absolute Gasteiger partial charge is 0.481 e.